The van der Waals surface area contributed by atoms with Gasteiger partial charge in [0.15, 0.2) is 6.29 Å². The van der Waals surface area contributed by atoms with Crippen molar-refractivity contribution >= 4 is 17.9 Å². The van der Waals surface area contributed by atoms with Gasteiger partial charge in [-0.2, -0.15) is 0 Å². The van der Waals surface area contributed by atoms with Gasteiger partial charge in [0.05, 0.1) is 6.54 Å². The van der Waals surface area contributed by atoms with Gasteiger partial charge in [0, 0.05) is 17.8 Å². The molecule has 0 saturated carbocycles. The molecule has 1 amide bonds. The normalized spacial score (nSPS) is 10.1. The van der Waals surface area contributed by atoms with Crippen molar-refractivity contribution in [2.45, 2.75) is 19.8 Å². The van der Waals surface area contributed by atoms with Crippen LogP contribution in [0.1, 0.15) is 30.1 Å². The molecule has 0 spiro atoms. The van der Waals surface area contributed by atoms with Crippen LogP contribution in [0, 0.1) is 5.82 Å². The van der Waals surface area contributed by atoms with E-state index in [2.05, 4.69) is 0 Å². The fraction of sp³-hybridized carbons (Fsp3) is 0.385. The van der Waals surface area contributed by atoms with Crippen LogP contribution in [0.2, 0.25) is 0 Å². The Bertz CT molecular complexity index is 435. The van der Waals surface area contributed by atoms with E-state index in [0.717, 1.165) is 18.9 Å². The lowest BCUT2D eigenvalue weighted by molar-refractivity contribution is -0.116. The maximum atomic E-state index is 13.0. The molecule has 98 valence electrons. The average Bonchev–Trinajstić information content (AvgIpc) is 2.34. The first-order chi connectivity index (χ1) is 8.58. The lowest BCUT2D eigenvalue weighted by Crippen LogP contribution is -2.35. The Morgan fingerprint density at radius 2 is 2.22 bits per heavy atom. The molecule has 18 heavy (non-hydrogen) atoms. The zero-order chi connectivity index (χ0) is 13.5. The number of carbonyl (C=O) groups is 2. The number of aldehydes is 1. The summed E-state index contributed by atoms with van der Waals surface area (Å²) in [7, 11) is 0. The zero-order valence-electron chi connectivity index (χ0n) is 10.4. The van der Waals surface area contributed by atoms with Gasteiger partial charge in [-0.25, -0.2) is 4.39 Å². The number of hydrogen-bond donors (Lipinski definition) is 1. The van der Waals surface area contributed by atoms with Crippen molar-refractivity contribution in [3.8, 4) is 0 Å². The van der Waals surface area contributed by atoms with Gasteiger partial charge in [0.2, 0.25) is 5.91 Å². The van der Waals surface area contributed by atoms with Gasteiger partial charge in [-0.05, 0) is 24.6 Å². The van der Waals surface area contributed by atoms with Crippen molar-refractivity contribution in [1.29, 1.82) is 0 Å². The predicted octanol–water partition coefficient (Wildman–Crippen LogP) is 1.73. The third kappa shape index (κ3) is 3.84. The van der Waals surface area contributed by atoms with Crippen LogP contribution in [-0.2, 0) is 4.79 Å². The number of amides is 1. The van der Waals surface area contributed by atoms with Crippen LogP contribution < -0.4 is 10.6 Å². The first kappa shape index (κ1) is 14.2. The molecular weight excluding hydrogens is 235 g/mol. The van der Waals surface area contributed by atoms with Gasteiger partial charge in [0.25, 0.3) is 0 Å². The monoisotopic (exact) mass is 252 g/mol. The van der Waals surface area contributed by atoms with Crippen molar-refractivity contribution in [1.82, 2.24) is 0 Å². The molecule has 0 saturated heterocycles. The van der Waals surface area contributed by atoms with Crippen molar-refractivity contribution in [2.24, 2.45) is 5.73 Å². The smallest absolute Gasteiger partial charge is 0.236 e. The van der Waals surface area contributed by atoms with E-state index in [1.807, 2.05) is 6.92 Å². The molecule has 1 aromatic rings. The van der Waals surface area contributed by atoms with E-state index in [-0.39, 0.29) is 12.1 Å². The van der Waals surface area contributed by atoms with E-state index in [0.29, 0.717) is 18.5 Å². The Morgan fingerprint density at radius 1 is 1.50 bits per heavy atom. The highest BCUT2D eigenvalue weighted by molar-refractivity contribution is 5.87. The lowest BCUT2D eigenvalue weighted by atomic mass is 10.1. The van der Waals surface area contributed by atoms with Gasteiger partial charge < -0.3 is 10.6 Å². The Kier molecular flexibility index (Phi) is 5.30. The molecule has 0 bridgehead atoms. The minimum absolute atomic E-state index is 0.0203. The molecule has 0 aliphatic rings. The van der Waals surface area contributed by atoms with Crippen LogP contribution in [0.25, 0.3) is 0 Å². The summed E-state index contributed by atoms with van der Waals surface area (Å²) in [5.41, 5.74) is 5.95. The average molecular weight is 252 g/mol. The van der Waals surface area contributed by atoms with Crippen LogP contribution in [0.4, 0.5) is 10.1 Å². The van der Waals surface area contributed by atoms with E-state index in [4.69, 9.17) is 5.73 Å². The highest BCUT2D eigenvalue weighted by Crippen LogP contribution is 2.20. The number of primary amides is 1. The highest BCUT2D eigenvalue weighted by atomic mass is 19.1. The molecule has 0 aliphatic carbocycles. The predicted molar refractivity (Wildman–Crippen MR) is 68.1 cm³/mol. The van der Waals surface area contributed by atoms with Crippen LogP contribution in [0.15, 0.2) is 18.2 Å². The number of nitrogens with zero attached hydrogens (tertiary/aromatic N) is 1. The Hall–Kier alpha value is -1.91. The fourth-order valence-electron chi connectivity index (χ4n) is 1.73. The Morgan fingerprint density at radius 3 is 2.78 bits per heavy atom. The highest BCUT2D eigenvalue weighted by Gasteiger charge is 2.13. The molecule has 1 rings (SSSR count). The summed E-state index contributed by atoms with van der Waals surface area (Å²) in [6.07, 6.45) is 2.40. The second kappa shape index (κ2) is 6.74. The third-order valence-electron chi connectivity index (χ3n) is 2.59. The summed E-state index contributed by atoms with van der Waals surface area (Å²) in [5, 5.41) is 0. The van der Waals surface area contributed by atoms with Crippen molar-refractivity contribution in [3.63, 3.8) is 0 Å². The second-order valence-electron chi connectivity index (χ2n) is 4.06. The summed E-state index contributed by atoms with van der Waals surface area (Å²) in [6, 6.07) is 3.92. The number of nitrogens with two attached hydrogens (primary N) is 1. The van der Waals surface area contributed by atoms with Crippen LogP contribution >= 0.6 is 0 Å². The van der Waals surface area contributed by atoms with Gasteiger partial charge in [-0.1, -0.05) is 13.3 Å². The molecule has 0 atom stereocenters. The standard InChI is InChI=1S/C13H17FN2O2/c1-2-3-6-16(8-13(15)18)12-5-4-11(14)7-10(12)9-17/h4-5,7,9H,2-3,6,8H2,1H3,(H2,15,18). The van der Waals surface area contributed by atoms with E-state index >= 15 is 0 Å². The topological polar surface area (TPSA) is 63.4 Å². The molecule has 1 aromatic carbocycles. The van der Waals surface area contributed by atoms with Crippen molar-refractivity contribution in [3.05, 3.63) is 29.6 Å². The quantitative estimate of drug-likeness (QED) is 0.752. The van der Waals surface area contributed by atoms with Gasteiger partial charge in [-0.15, -0.1) is 0 Å². The summed E-state index contributed by atoms with van der Waals surface area (Å²) >= 11 is 0. The maximum absolute atomic E-state index is 13.0. The van der Waals surface area contributed by atoms with Crippen LogP contribution in [-0.4, -0.2) is 25.3 Å². The van der Waals surface area contributed by atoms with E-state index < -0.39 is 11.7 Å². The van der Waals surface area contributed by atoms with Gasteiger partial charge in [-0.3, -0.25) is 9.59 Å². The van der Waals surface area contributed by atoms with Crippen molar-refractivity contribution < 1.29 is 14.0 Å². The van der Waals surface area contributed by atoms with Gasteiger partial charge >= 0.3 is 0 Å². The third-order valence-corrected chi connectivity index (χ3v) is 2.59. The molecule has 0 unspecified atom stereocenters. The second-order valence-corrected chi connectivity index (χ2v) is 4.06. The zero-order valence-corrected chi connectivity index (χ0v) is 10.4. The summed E-state index contributed by atoms with van der Waals surface area (Å²) in [4.78, 5) is 23.7. The molecule has 0 radical (unpaired) electrons. The SMILES string of the molecule is CCCCN(CC(N)=O)c1ccc(F)cc1C=O. The Labute approximate surface area is 106 Å². The van der Waals surface area contributed by atoms with E-state index in [1.54, 1.807) is 4.90 Å². The van der Waals surface area contributed by atoms with Crippen LogP contribution in [0.5, 0.6) is 0 Å². The number of unbranched alkanes of at least 4 members (excludes halogenated alkanes) is 1. The maximum Gasteiger partial charge on any atom is 0.236 e. The molecule has 0 aromatic heterocycles. The number of halogens is 1. The summed E-state index contributed by atoms with van der Waals surface area (Å²) in [6.45, 7) is 2.64. The number of anilines is 1. The molecule has 0 heterocycles. The number of carbonyl (C=O) groups excluding carboxylic acids is 2. The minimum atomic E-state index is -0.479. The molecule has 0 fully saturated rings. The van der Waals surface area contributed by atoms with E-state index in [9.17, 15) is 14.0 Å². The Balaban J connectivity index is 3.02. The molecule has 2 N–H and O–H groups in total. The first-order valence-electron chi connectivity index (χ1n) is 5.86. The molecule has 5 heteroatoms. The largest absolute Gasteiger partial charge is 0.368 e. The van der Waals surface area contributed by atoms with Gasteiger partial charge in [0.1, 0.15) is 5.82 Å². The lowest BCUT2D eigenvalue weighted by Gasteiger charge is -2.24. The molecule has 4 nitrogen and oxygen atoms in total. The van der Waals surface area contributed by atoms with Crippen molar-refractivity contribution in [2.75, 3.05) is 18.0 Å². The minimum Gasteiger partial charge on any atom is -0.368 e. The fourth-order valence-corrected chi connectivity index (χ4v) is 1.73. The number of rotatable bonds is 7. The molecule has 0 aliphatic heterocycles. The summed E-state index contributed by atoms with van der Waals surface area (Å²) < 4.78 is 13.0. The van der Waals surface area contributed by atoms with Crippen LogP contribution in [0.3, 0.4) is 0 Å². The summed E-state index contributed by atoms with van der Waals surface area (Å²) in [5.74, 6) is -0.956. The number of hydrogen-bond acceptors (Lipinski definition) is 3. The first-order valence-corrected chi connectivity index (χ1v) is 5.86. The molecular formula is C13H17FN2O2. The number of benzene rings is 1. The van der Waals surface area contributed by atoms with E-state index in [1.165, 1.54) is 12.1 Å².